The van der Waals surface area contributed by atoms with Crippen LogP contribution in [-0.4, -0.2) is 6.10 Å². The van der Waals surface area contributed by atoms with Crippen molar-refractivity contribution >= 4 is 0 Å². The Morgan fingerprint density at radius 2 is 1.46 bits per heavy atom. The lowest BCUT2D eigenvalue weighted by molar-refractivity contribution is 0.0887. The van der Waals surface area contributed by atoms with Gasteiger partial charge in [-0.25, -0.2) is 0 Å². The number of azide groups is 1. The van der Waals surface area contributed by atoms with Gasteiger partial charge in [0.05, 0.1) is 0 Å². The Hall–Kier alpha value is -1.93. The van der Waals surface area contributed by atoms with E-state index in [1.807, 2.05) is 0 Å². The first-order valence-electron chi connectivity index (χ1n) is 8.65. The van der Waals surface area contributed by atoms with Crippen LogP contribution in [0.4, 0.5) is 0 Å². The van der Waals surface area contributed by atoms with Gasteiger partial charge >= 0.3 is 0 Å². The Bertz CT molecular complexity index is 527. The lowest BCUT2D eigenvalue weighted by Crippen LogP contribution is -2.05. The Morgan fingerprint density at radius 1 is 0.917 bits per heavy atom. The predicted octanol–water partition coefficient (Wildman–Crippen LogP) is 7.37. The van der Waals surface area contributed by atoms with Crippen LogP contribution < -0.4 is 0 Å². The molecular weight excluding hydrogens is 298 g/mol. The van der Waals surface area contributed by atoms with Crippen LogP contribution >= 0.6 is 0 Å². The minimum atomic E-state index is -0.203. The summed E-state index contributed by atoms with van der Waals surface area (Å²) in [4.78, 5) is 7.94. The van der Waals surface area contributed by atoms with Crippen LogP contribution in [0.2, 0.25) is 0 Å². The van der Waals surface area contributed by atoms with Crippen molar-refractivity contribution in [3.8, 4) is 0 Å². The Morgan fingerprint density at radius 3 is 1.96 bits per heavy atom. The molecule has 0 heterocycles. The summed E-state index contributed by atoms with van der Waals surface area (Å²) in [5.41, 5.74) is 13.7. The summed E-state index contributed by atoms with van der Waals surface area (Å²) in [5.74, 6) is 0. The third-order valence-corrected chi connectivity index (χ3v) is 3.57. The van der Waals surface area contributed by atoms with E-state index in [0.717, 1.165) is 32.1 Å². The van der Waals surface area contributed by atoms with Crippen molar-refractivity contribution in [3.05, 3.63) is 57.0 Å². The summed E-state index contributed by atoms with van der Waals surface area (Å²) >= 11 is 0. The average molecular weight is 332 g/mol. The molecule has 24 heavy (non-hydrogen) atoms. The first-order valence-corrected chi connectivity index (χ1v) is 8.65. The second-order valence-electron chi connectivity index (χ2n) is 6.75. The van der Waals surface area contributed by atoms with Gasteiger partial charge in [0, 0.05) is 11.3 Å². The van der Waals surface area contributed by atoms with E-state index in [1.165, 1.54) is 22.3 Å². The van der Waals surface area contributed by atoms with Crippen molar-refractivity contribution in [2.75, 3.05) is 0 Å². The third kappa shape index (κ3) is 13.7. The highest BCUT2D eigenvalue weighted by Gasteiger charge is 2.05. The molecule has 0 aliphatic carbocycles. The quantitative estimate of drug-likeness (QED) is 0.128. The molecule has 0 rings (SSSR count). The lowest BCUT2D eigenvalue weighted by atomic mass is 10.0. The highest BCUT2D eigenvalue weighted by Crippen LogP contribution is 2.14. The van der Waals surface area contributed by atoms with Crippen molar-refractivity contribution in [3.63, 3.8) is 0 Å². The summed E-state index contributed by atoms with van der Waals surface area (Å²) in [6.07, 6.45) is 13.4. The number of hydrogen-bond acceptors (Lipinski definition) is 2. The van der Waals surface area contributed by atoms with Crippen molar-refractivity contribution in [2.24, 2.45) is 5.28 Å². The fourth-order valence-electron chi connectivity index (χ4n) is 2.22. The topological polar surface area (TPSA) is 58.0 Å². The van der Waals surface area contributed by atoms with Crippen LogP contribution in [0.3, 0.4) is 0 Å². The standard InChI is InChI=1S/C20H33N3O/c1-16(2)9-7-11-18(5)13-14-20(24-23-22-21)15-19(6)12-8-10-17(3)4/h9-10,13,15,20H,7-8,11-12,14H2,1-6H3. The van der Waals surface area contributed by atoms with Crippen LogP contribution in [0.5, 0.6) is 0 Å². The van der Waals surface area contributed by atoms with E-state index in [-0.39, 0.29) is 6.10 Å². The van der Waals surface area contributed by atoms with Crippen LogP contribution in [0, 0.1) is 0 Å². The molecule has 0 spiro atoms. The highest BCUT2D eigenvalue weighted by atomic mass is 16.6. The smallest absolute Gasteiger partial charge is 0.129 e. The van der Waals surface area contributed by atoms with Crippen LogP contribution in [0.15, 0.2) is 51.9 Å². The van der Waals surface area contributed by atoms with E-state index in [9.17, 15) is 0 Å². The molecule has 0 fully saturated rings. The largest absolute Gasteiger partial charge is 0.426 e. The fraction of sp³-hybridized carbons (Fsp3) is 0.600. The molecule has 0 aromatic rings. The van der Waals surface area contributed by atoms with E-state index in [0.29, 0.717) is 0 Å². The first-order chi connectivity index (χ1) is 11.3. The Balaban J connectivity index is 4.66. The number of rotatable bonds is 11. The number of nitrogens with zero attached hydrogens (tertiary/aromatic N) is 3. The van der Waals surface area contributed by atoms with E-state index in [1.54, 1.807) is 0 Å². The van der Waals surface area contributed by atoms with Crippen molar-refractivity contribution in [1.82, 2.24) is 0 Å². The summed E-state index contributed by atoms with van der Waals surface area (Å²) in [6.45, 7) is 12.7. The van der Waals surface area contributed by atoms with Crippen LogP contribution in [0.1, 0.15) is 73.6 Å². The SMILES string of the molecule is CC(C)=CCCC(C)=CCC(C=C(C)CCC=C(C)C)ON=[N+]=[N-]. The summed E-state index contributed by atoms with van der Waals surface area (Å²) in [5, 5.41) is 3.28. The maximum absolute atomic E-state index is 8.48. The summed E-state index contributed by atoms with van der Waals surface area (Å²) in [7, 11) is 0. The van der Waals surface area contributed by atoms with Crippen molar-refractivity contribution < 1.29 is 4.84 Å². The number of allylic oxidation sites excluding steroid dienone is 6. The second kappa shape index (κ2) is 13.5. The molecule has 4 heteroatoms. The van der Waals surface area contributed by atoms with Gasteiger partial charge in [-0.1, -0.05) is 40.5 Å². The zero-order valence-electron chi connectivity index (χ0n) is 16.2. The van der Waals surface area contributed by atoms with Crippen molar-refractivity contribution in [2.45, 2.75) is 79.8 Å². The molecule has 134 valence electrons. The third-order valence-electron chi connectivity index (χ3n) is 3.57. The van der Waals surface area contributed by atoms with Crippen LogP contribution in [-0.2, 0) is 4.84 Å². The Kier molecular flexibility index (Phi) is 12.4. The minimum absolute atomic E-state index is 0.203. The Labute approximate surface area is 147 Å². The van der Waals surface area contributed by atoms with E-state index < -0.39 is 0 Å². The van der Waals surface area contributed by atoms with Crippen molar-refractivity contribution in [1.29, 1.82) is 0 Å². The van der Waals surface area contributed by atoms with E-state index >= 15 is 0 Å². The van der Waals surface area contributed by atoms with E-state index in [4.69, 9.17) is 10.4 Å². The fourth-order valence-corrected chi connectivity index (χ4v) is 2.22. The molecule has 0 saturated heterocycles. The molecule has 0 saturated carbocycles. The van der Waals surface area contributed by atoms with Gasteiger partial charge in [-0.2, -0.15) is 0 Å². The lowest BCUT2D eigenvalue weighted by Gasteiger charge is -2.11. The molecule has 1 unspecified atom stereocenters. The zero-order chi connectivity index (χ0) is 18.4. The molecule has 0 aliphatic rings. The monoisotopic (exact) mass is 331 g/mol. The van der Waals surface area contributed by atoms with Gasteiger partial charge < -0.3 is 4.84 Å². The second-order valence-corrected chi connectivity index (χ2v) is 6.75. The molecular formula is C20H33N3O. The summed E-state index contributed by atoms with van der Waals surface area (Å²) in [6, 6.07) is 0. The van der Waals surface area contributed by atoms with Gasteiger partial charge in [0.1, 0.15) is 11.4 Å². The zero-order valence-corrected chi connectivity index (χ0v) is 16.2. The first kappa shape index (κ1) is 22.1. The normalized spacial score (nSPS) is 12.9. The molecule has 0 aliphatic heterocycles. The van der Waals surface area contributed by atoms with Gasteiger partial charge in [-0.05, 0) is 78.8 Å². The minimum Gasteiger partial charge on any atom is -0.426 e. The molecule has 1 atom stereocenters. The molecule has 0 amide bonds. The number of hydrogen-bond donors (Lipinski definition) is 0. The van der Waals surface area contributed by atoms with Crippen LogP contribution in [0.25, 0.3) is 10.4 Å². The molecule has 0 aromatic heterocycles. The molecule has 0 radical (unpaired) electrons. The van der Waals surface area contributed by atoms with Gasteiger partial charge in [-0.15, -0.1) is 0 Å². The molecule has 0 bridgehead atoms. The van der Waals surface area contributed by atoms with E-state index in [2.05, 4.69) is 76.0 Å². The summed E-state index contributed by atoms with van der Waals surface area (Å²) < 4.78 is 0. The molecule has 4 nitrogen and oxygen atoms in total. The highest BCUT2D eigenvalue weighted by molar-refractivity contribution is 5.09. The molecule has 0 N–H and O–H groups in total. The van der Waals surface area contributed by atoms with Gasteiger partial charge in [0.15, 0.2) is 0 Å². The molecule has 0 aromatic carbocycles. The average Bonchev–Trinajstić information content (AvgIpc) is 2.49. The van der Waals surface area contributed by atoms with Gasteiger partial charge in [0.25, 0.3) is 0 Å². The maximum atomic E-state index is 8.48. The maximum Gasteiger partial charge on any atom is 0.129 e. The van der Waals surface area contributed by atoms with Gasteiger partial charge in [0.2, 0.25) is 0 Å². The van der Waals surface area contributed by atoms with Gasteiger partial charge in [-0.3, -0.25) is 0 Å². The predicted molar refractivity (Wildman–Crippen MR) is 103 cm³/mol.